The summed E-state index contributed by atoms with van der Waals surface area (Å²) in [4.78, 5) is 23.2. The van der Waals surface area contributed by atoms with Crippen molar-refractivity contribution in [2.75, 3.05) is 0 Å². The largest absolute Gasteiger partial charge is 0.449 e. The molecular formula is C20H15NO4. The molecular weight excluding hydrogens is 318 g/mol. The molecule has 0 N–H and O–H groups in total. The number of carbonyl (C=O) groups is 1. The summed E-state index contributed by atoms with van der Waals surface area (Å²) in [6.07, 6.45) is -0.644. The molecule has 0 bridgehead atoms. The van der Waals surface area contributed by atoms with Gasteiger partial charge in [0.05, 0.1) is 4.92 Å². The Morgan fingerprint density at radius 1 is 0.800 bits per heavy atom. The van der Waals surface area contributed by atoms with Gasteiger partial charge in [-0.3, -0.25) is 10.1 Å². The number of nitro benzene ring substituents is 1. The topological polar surface area (TPSA) is 69.4 Å². The van der Waals surface area contributed by atoms with Crippen molar-refractivity contribution in [2.45, 2.75) is 6.10 Å². The van der Waals surface area contributed by atoms with Crippen molar-refractivity contribution >= 4 is 11.7 Å². The standard InChI is InChI=1S/C20H15NO4/c22-20(17-13-7-8-14-18(17)21(23)24)25-19(15-9-3-1-4-10-15)16-11-5-2-6-12-16/h1-14,19H. The van der Waals surface area contributed by atoms with Crippen molar-refractivity contribution in [1.82, 2.24) is 0 Å². The van der Waals surface area contributed by atoms with Crippen molar-refractivity contribution < 1.29 is 14.5 Å². The van der Waals surface area contributed by atoms with Crippen LogP contribution in [0.1, 0.15) is 27.6 Å². The first-order valence-electron chi connectivity index (χ1n) is 7.71. The van der Waals surface area contributed by atoms with Gasteiger partial charge in [0.15, 0.2) is 6.10 Å². The highest BCUT2D eigenvalue weighted by atomic mass is 16.6. The lowest BCUT2D eigenvalue weighted by Gasteiger charge is -2.19. The van der Waals surface area contributed by atoms with Crippen LogP contribution in [-0.4, -0.2) is 10.9 Å². The number of carbonyl (C=O) groups excluding carboxylic acids is 1. The highest BCUT2D eigenvalue weighted by Crippen LogP contribution is 2.28. The molecule has 5 nitrogen and oxygen atoms in total. The van der Waals surface area contributed by atoms with Crippen LogP contribution in [0.4, 0.5) is 5.69 Å². The Balaban J connectivity index is 1.97. The van der Waals surface area contributed by atoms with Crippen LogP contribution in [-0.2, 0) is 4.74 Å². The van der Waals surface area contributed by atoms with Gasteiger partial charge in [-0.05, 0) is 17.2 Å². The van der Waals surface area contributed by atoms with Gasteiger partial charge in [-0.15, -0.1) is 0 Å². The minimum atomic E-state index is -0.731. The molecule has 0 heterocycles. The number of nitrogens with zero attached hydrogens (tertiary/aromatic N) is 1. The summed E-state index contributed by atoms with van der Waals surface area (Å²) in [7, 11) is 0. The zero-order valence-electron chi connectivity index (χ0n) is 13.2. The third-order valence-corrected chi connectivity index (χ3v) is 3.75. The molecule has 0 unspecified atom stereocenters. The second-order valence-electron chi connectivity index (χ2n) is 5.38. The molecule has 0 radical (unpaired) electrons. The Kier molecular flexibility index (Phi) is 4.85. The smallest absolute Gasteiger partial charge is 0.346 e. The lowest BCUT2D eigenvalue weighted by atomic mass is 10.0. The van der Waals surface area contributed by atoms with Crippen LogP contribution in [0.3, 0.4) is 0 Å². The summed E-state index contributed by atoms with van der Waals surface area (Å²) >= 11 is 0. The van der Waals surface area contributed by atoms with E-state index < -0.39 is 17.0 Å². The summed E-state index contributed by atoms with van der Waals surface area (Å²) in [6, 6.07) is 24.3. The maximum atomic E-state index is 12.6. The molecule has 0 amide bonds. The number of benzene rings is 3. The number of hydrogen-bond acceptors (Lipinski definition) is 4. The molecule has 0 saturated heterocycles. The van der Waals surface area contributed by atoms with Gasteiger partial charge in [0.25, 0.3) is 5.69 Å². The predicted octanol–water partition coefficient (Wildman–Crippen LogP) is 4.54. The number of para-hydroxylation sites is 1. The summed E-state index contributed by atoms with van der Waals surface area (Å²) in [6.45, 7) is 0. The van der Waals surface area contributed by atoms with Crippen molar-refractivity contribution in [3.63, 3.8) is 0 Å². The van der Waals surface area contributed by atoms with Gasteiger partial charge in [0, 0.05) is 6.07 Å². The van der Waals surface area contributed by atoms with E-state index in [2.05, 4.69) is 0 Å². The van der Waals surface area contributed by atoms with Gasteiger partial charge in [-0.2, -0.15) is 0 Å². The SMILES string of the molecule is O=C(OC(c1ccccc1)c1ccccc1)c1ccccc1[N+](=O)[O-]. The lowest BCUT2D eigenvalue weighted by Crippen LogP contribution is -2.14. The molecule has 0 spiro atoms. The predicted molar refractivity (Wildman–Crippen MR) is 93.2 cm³/mol. The van der Waals surface area contributed by atoms with Crippen molar-refractivity contribution in [2.24, 2.45) is 0 Å². The Hall–Kier alpha value is -3.47. The third-order valence-electron chi connectivity index (χ3n) is 3.75. The fourth-order valence-corrected chi connectivity index (χ4v) is 2.56. The summed E-state index contributed by atoms with van der Waals surface area (Å²) in [5.74, 6) is -0.731. The normalized spacial score (nSPS) is 10.4. The summed E-state index contributed by atoms with van der Waals surface area (Å²) in [5, 5.41) is 11.1. The molecule has 0 aliphatic heterocycles. The average molecular weight is 333 g/mol. The van der Waals surface area contributed by atoms with Crippen molar-refractivity contribution in [3.8, 4) is 0 Å². The Labute approximate surface area is 144 Å². The van der Waals surface area contributed by atoms with E-state index in [1.54, 1.807) is 6.07 Å². The minimum absolute atomic E-state index is 0.0654. The van der Waals surface area contributed by atoms with Crippen LogP contribution in [0.15, 0.2) is 84.9 Å². The monoisotopic (exact) mass is 333 g/mol. The van der Waals surface area contributed by atoms with E-state index in [0.29, 0.717) is 0 Å². The number of ether oxygens (including phenoxy) is 1. The van der Waals surface area contributed by atoms with E-state index in [4.69, 9.17) is 4.74 Å². The number of hydrogen-bond donors (Lipinski definition) is 0. The average Bonchev–Trinajstić information content (AvgIpc) is 2.67. The van der Waals surface area contributed by atoms with Crippen molar-refractivity contribution in [1.29, 1.82) is 0 Å². The van der Waals surface area contributed by atoms with Gasteiger partial charge < -0.3 is 4.74 Å². The summed E-state index contributed by atoms with van der Waals surface area (Å²) < 4.78 is 5.66. The Bertz CT molecular complexity index is 839. The van der Waals surface area contributed by atoms with Crippen LogP contribution in [0, 0.1) is 10.1 Å². The van der Waals surface area contributed by atoms with E-state index in [9.17, 15) is 14.9 Å². The summed E-state index contributed by atoms with van der Waals surface area (Å²) in [5.41, 5.74) is 1.25. The zero-order chi connectivity index (χ0) is 17.6. The molecule has 0 aromatic heterocycles. The zero-order valence-corrected chi connectivity index (χ0v) is 13.2. The minimum Gasteiger partial charge on any atom is -0.449 e. The number of nitro groups is 1. The van der Waals surface area contributed by atoms with Gasteiger partial charge in [0.1, 0.15) is 5.56 Å². The highest BCUT2D eigenvalue weighted by molar-refractivity contribution is 5.94. The number of esters is 1. The van der Waals surface area contributed by atoms with Gasteiger partial charge >= 0.3 is 5.97 Å². The van der Waals surface area contributed by atoms with Crippen LogP contribution >= 0.6 is 0 Å². The fourth-order valence-electron chi connectivity index (χ4n) is 2.56. The maximum Gasteiger partial charge on any atom is 0.346 e. The van der Waals surface area contributed by atoms with E-state index in [1.807, 2.05) is 60.7 Å². The Morgan fingerprint density at radius 2 is 1.28 bits per heavy atom. The van der Waals surface area contributed by atoms with Crippen LogP contribution in [0.2, 0.25) is 0 Å². The Morgan fingerprint density at radius 3 is 1.80 bits per heavy atom. The number of rotatable bonds is 5. The van der Waals surface area contributed by atoms with E-state index >= 15 is 0 Å². The van der Waals surface area contributed by atoms with Gasteiger partial charge in [0.2, 0.25) is 0 Å². The molecule has 5 heteroatoms. The molecule has 3 aromatic rings. The molecule has 0 aliphatic carbocycles. The van der Waals surface area contributed by atoms with E-state index in [0.717, 1.165) is 11.1 Å². The van der Waals surface area contributed by atoms with E-state index in [-0.39, 0.29) is 11.3 Å². The first-order valence-corrected chi connectivity index (χ1v) is 7.71. The molecule has 0 saturated carbocycles. The van der Waals surface area contributed by atoms with Crippen LogP contribution < -0.4 is 0 Å². The fraction of sp³-hybridized carbons (Fsp3) is 0.0500. The first kappa shape index (κ1) is 16.4. The first-order chi connectivity index (χ1) is 12.2. The van der Waals surface area contributed by atoms with E-state index in [1.165, 1.54) is 18.2 Å². The molecule has 124 valence electrons. The van der Waals surface area contributed by atoms with Gasteiger partial charge in [-0.25, -0.2) is 4.79 Å². The quantitative estimate of drug-likeness (QED) is 0.390. The maximum absolute atomic E-state index is 12.6. The highest BCUT2D eigenvalue weighted by Gasteiger charge is 2.25. The molecule has 3 aromatic carbocycles. The third kappa shape index (κ3) is 3.72. The van der Waals surface area contributed by atoms with Crippen molar-refractivity contribution in [3.05, 3.63) is 112 Å². The van der Waals surface area contributed by atoms with Gasteiger partial charge in [-0.1, -0.05) is 72.8 Å². The molecule has 0 aliphatic rings. The molecule has 3 rings (SSSR count). The van der Waals surface area contributed by atoms with Crippen LogP contribution in [0.25, 0.3) is 0 Å². The second kappa shape index (κ2) is 7.40. The second-order valence-corrected chi connectivity index (χ2v) is 5.38. The lowest BCUT2D eigenvalue weighted by molar-refractivity contribution is -0.385. The molecule has 25 heavy (non-hydrogen) atoms. The van der Waals surface area contributed by atoms with Crippen LogP contribution in [0.5, 0.6) is 0 Å². The molecule has 0 atom stereocenters. The molecule has 0 fully saturated rings.